The van der Waals surface area contributed by atoms with Gasteiger partial charge in [0.05, 0.1) is 12.0 Å². The van der Waals surface area contributed by atoms with Gasteiger partial charge in [0.2, 0.25) is 0 Å². The molecule has 6 rings (SSSR count). The molecule has 0 aliphatic heterocycles. The first-order valence-electron chi connectivity index (χ1n) is 12.0. The van der Waals surface area contributed by atoms with Crippen LogP contribution in [0, 0.1) is 12.1 Å². The summed E-state index contributed by atoms with van der Waals surface area (Å²) in [4.78, 5) is 23.0. The van der Waals surface area contributed by atoms with Gasteiger partial charge in [-0.25, -0.2) is 24.3 Å². The van der Waals surface area contributed by atoms with Gasteiger partial charge in [0.15, 0.2) is 0 Å². The van der Waals surface area contributed by atoms with Crippen LogP contribution in [0.3, 0.4) is 0 Å². The summed E-state index contributed by atoms with van der Waals surface area (Å²) in [5, 5.41) is 0. The average Bonchev–Trinajstić information content (AvgIpc) is 3.04. The van der Waals surface area contributed by atoms with Crippen LogP contribution in [-0.2, 0) is 24.9 Å². The van der Waals surface area contributed by atoms with Crippen molar-refractivity contribution in [3.05, 3.63) is 164 Å². The van der Waals surface area contributed by atoms with Crippen LogP contribution in [-0.4, -0.2) is 21.2 Å². The average molecular weight is 683 g/mol. The predicted octanol–water partition coefficient (Wildman–Crippen LogP) is 7.30. The van der Waals surface area contributed by atoms with E-state index in [0.717, 1.165) is 33.8 Å². The normalized spacial score (nSPS) is 9.44. The zero-order valence-electron chi connectivity index (χ0n) is 20.9. The Morgan fingerprint density at radius 2 is 1.03 bits per heavy atom. The third-order valence-electron chi connectivity index (χ3n) is 5.31. The minimum Gasteiger partial charge on any atom is -0.376 e. The molecule has 6 aromatic rings. The van der Waals surface area contributed by atoms with Gasteiger partial charge < -0.3 is 4.79 Å². The van der Waals surface area contributed by atoms with Gasteiger partial charge >= 0.3 is 20.1 Å². The minimum atomic E-state index is 0. The molecule has 190 valence electrons. The molecule has 5 heteroatoms. The van der Waals surface area contributed by atoms with Crippen LogP contribution in [0.2, 0.25) is 0 Å². The molecular formula is C34H24IrN3O. The molecule has 0 aliphatic rings. The van der Waals surface area contributed by atoms with Crippen LogP contribution >= 0.6 is 0 Å². The maximum atomic E-state index is 10.4. The molecule has 0 bridgehead atoms. The number of carbonyl (C=O) groups excluding carboxylic acids is 1. The van der Waals surface area contributed by atoms with Crippen LogP contribution in [0.1, 0.15) is 5.56 Å². The van der Waals surface area contributed by atoms with E-state index in [1.165, 1.54) is 0 Å². The van der Waals surface area contributed by atoms with Crippen molar-refractivity contribution in [2.75, 3.05) is 0 Å². The first-order valence-corrected chi connectivity index (χ1v) is 12.0. The van der Waals surface area contributed by atoms with Gasteiger partial charge in [0.25, 0.3) is 0 Å². The van der Waals surface area contributed by atoms with E-state index >= 15 is 0 Å². The van der Waals surface area contributed by atoms with E-state index in [1.807, 2.05) is 122 Å². The second-order valence-corrected chi connectivity index (χ2v) is 7.92. The van der Waals surface area contributed by atoms with Crippen molar-refractivity contribution >= 4 is 6.29 Å². The van der Waals surface area contributed by atoms with Gasteiger partial charge in [0, 0.05) is 6.20 Å². The van der Waals surface area contributed by atoms with Crippen molar-refractivity contribution in [1.29, 1.82) is 0 Å². The van der Waals surface area contributed by atoms with Crippen molar-refractivity contribution in [2.45, 2.75) is 0 Å². The van der Waals surface area contributed by atoms with Gasteiger partial charge in [-0.3, -0.25) is 15.0 Å². The molecule has 0 saturated heterocycles. The molecule has 0 unspecified atom stereocenters. The number of hydrogen-bond acceptors (Lipinski definition) is 4. The van der Waals surface area contributed by atoms with Crippen LogP contribution in [0.4, 0.5) is 0 Å². The summed E-state index contributed by atoms with van der Waals surface area (Å²) in [6.45, 7) is 0. The van der Waals surface area contributed by atoms with E-state index in [1.54, 1.807) is 30.7 Å². The topological polar surface area (TPSA) is 55.7 Å². The first kappa shape index (κ1) is 29.0. The molecule has 3 aromatic heterocycles. The molecule has 0 amide bonds. The monoisotopic (exact) mass is 683 g/mol. The maximum Gasteiger partial charge on any atom is 3.00 e. The number of pyridine rings is 3. The SMILES string of the molecule is O=[C-]c1cccc(-c2ccccn2)c1.[Ir+3].[c-]1ccc(-c2ccccc2)nc1.[c-]1ccc(-c2ccccc2)nc1. The minimum absolute atomic E-state index is 0. The van der Waals surface area contributed by atoms with Crippen molar-refractivity contribution in [1.82, 2.24) is 15.0 Å². The smallest absolute Gasteiger partial charge is 0.376 e. The standard InChI is InChI=1S/C12H8NO.2C11H8N.Ir/c14-9-10-4-3-5-11(8-10)12-6-1-2-7-13-12;2*1-2-6-10(7-3-1)11-8-4-5-9-12-11;/h1-8H;2*1-4,6-9H;/q3*-1;+3. The third kappa shape index (κ3) is 9.35. The Morgan fingerprint density at radius 1 is 0.513 bits per heavy atom. The fourth-order valence-corrected chi connectivity index (χ4v) is 3.47. The van der Waals surface area contributed by atoms with E-state index in [-0.39, 0.29) is 20.1 Å². The van der Waals surface area contributed by atoms with Crippen LogP contribution in [0.5, 0.6) is 0 Å². The van der Waals surface area contributed by atoms with Crippen molar-refractivity contribution in [3.63, 3.8) is 0 Å². The van der Waals surface area contributed by atoms with Crippen molar-refractivity contribution in [3.8, 4) is 33.8 Å². The largest absolute Gasteiger partial charge is 3.00 e. The summed E-state index contributed by atoms with van der Waals surface area (Å²) in [5.74, 6) is 0. The number of benzene rings is 3. The fraction of sp³-hybridized carbons (Fsp3) is 0. The van der Waals surface area contributed by atoms with E-state index in [0.29, 0.717) is 5.56 Å². The quantitative estimate of drug-likeness (QED) is 0.183. The van der Waals surface area contributed by atoms with Gasteiger partial charge in [0.1, 0.15) is 0 Å². The molecule has 0 atom stereocenters. The van der Waals surface area contributed by atoms with Gasteiger partial charge in [-0.05, 0) is 34.6 Å². The molecule has 39 heavy (non-hydrogen) atoms. The Balaban J connectivity index is 0.000000160. The molecule has 0 N–H and O–H groups in total. The number of nitrogens with zero attached hydrogens (tertiary/aromatic N) is 3. The Kier molecular flexibility index (Phi) is 12.1. The van der Waals surface area contributed by atoms with Crippen LogP contribution in [0.15, 0.2) is 146 Å². The van der Waals surface area contributed by atoms with Gasteiger partial charge in [-0.1, -0.05) is 90.8 Å². The number of aromatic nitrogens is 3. The molecule has 0 fully saturated rings. The van der Waals surface area contributed by atoms with Crippen molar-refractivity contribution in [2.24, 2.45) is 0 Å². The number of rotatable bonds is 4. The Labute approximate surface area is 242 Å². The molecule has 0 spiro atoms. The predicted molar refractivity (Wildman–Crippen MR) is 151 cm³/mol. The molecule has 0 saturated carbocycles. The second-order valence-electron chi connectivity index (χ2n) is 7.92. The summed E-state index contributed by atoms with van der Waals surface area (Å²) in [7, 11) is 0. The summed E-state index contributed by atoms with van der Waals surface area (Å²) in [6, 6.07) is 46.6. The number of hydrogen-bond donors (Lipinski definition) is 0. The van der Waals surface area contributed by atoms with E-state index in [4.69, 9.17) is 0 Å². The summed E-state index contributed by atoms with van der Waals surface area (Å²) < 4.78 is 0. The molecular weight excluding hydrogens is 659 g/mol. The Morgan fingerprint density at radius 3 is 1.49 bits per heavy atom. The second kappa shape index (κ2) is 16.3. The van der Waals surface area contributed by atoms with Crippen molar-refractivity contribution < 1.29 is 24.9 Å². The molecule has 3 aromatic carbocycles. The summed E-state index contributed by atoms with van der Waals surface area (Å²) in [5.41, 5.74) is 6.63. The fourth-order valence-electron chi connectivity index (χ4n) is 3.47. The maximum absolute atomic E-state index is 10.4. The third-order valence-corrected chi connectivity index (χ3v) is 5.31. The van der Waals surface area contributed by atoms with Crippen LogP contribution in [0.25, 0.3) is 33.8 Å². The van der Waals surface area contributed by atoms with E-state index in [2.05, 4.69) is 27.1 Å². The van der Waals surface area contributed by atoms with Crippen LogP contribution < -0.4 is 0 Å². The molecule has 4 nitrogen and oxygen atoms in total. The molecule has 0 radical (unpaired) electrons. The Bertz CT molecular complexity index is 1350. The Hall–Kier alpha value is -4.57. The zero-order valence-corrected chi connectivity index (χ0v) is 23.3. The van der Waals surface area contributed by atoms with E-state index in [9.17, 15) is 4.79 Å². The van der Waals surface area contributed by atoms with Gasteiger partial charge in [-0.15, -0.1) is 6.07 Å². The summed E-state index contributed by atoms with van der Waals surface area (Å²) in [6.07, 6.45) is 6.95. The first-order chi connectivity index (χ1) is 18.8. The summed E-state index contributed by atoms with van der Waals surface area (Å²) >= 11 is 0. The zero-order chi connectivity index (χ0) is 26.3. The van der Waals surface area contributed by atoms with E-state index < -0.39 is 0 Å². The molecule has 3 heterocycles. The molecule has 0 aliphatic carbocycles. The van der Waals surface area contributed by atoms with Gasteiger partial charge in [-0.2, -0.15) is 29.8 Å².